The lowest BCUT2D eigenvalue weighted by molar-refractivity contribution is -0.140. The van der Waals surface area contributed by atoms with Gasteiger partial charge in [-0.25, -0.2) is 4.99 Å². The molecule has 6 bridgehead atoms. The minimum absolute atomic E-state index is 0.0293. The van der Waals surface area contributed by atoms with E-state index >= 15 is 0 Å². The molecule has 42 heavy (non-hydrogen) atoms. The Kier molecular flexibility index (Phi) is 8.24. The lowest BCUT2D eigenvalue weighted by Gasteiger charge is -2.38. The highest BCUT2D eigenvalue weighted by Crippen LogP contribution is 2.42. The molecular weight excluding hydrogens is 549 g/mol. The highest BCUT2D eigenvalue weighted by molar-refractivity contribution is 5.99. The summed E-state index contributed by atoms with van der Waals surface area (Å²) >= 11 is 0. The van der Waals surface area contributed by atoms with E-state index in [0.29, 0.717) is 18.6 Å². The van der Waals surface area contributed by atoms with Crippen LogP contribution in [0.3, 0.4) is 0 Å². The third-order valence-corrected chi connectivity index (χ3v) is 8.22. The zero-order valence-electron chi connectivity index (χ0n) is 24.1. The summed E-state index contributed by atoms with van der Waals surface area (Å²) in [4.78, 5) is 32.8. The van der Waals surface area contributed by atoms with Crippen molar-refractivity contribution >= 4 is 17.8 Å². The van der Waals surface area contributed by atoms with Gasteiger partial charge in [0.15, 0.2) is 5.96 Å². The van der Waals surface area contributed by atoms with Gasteiger partial charge in [-0.15, -0.1) is 0 Å². The van der Waals surface area contributed by atoms with Gasteiger partial charge >= 0.3 is 6.18 Å². The summed E-state index contributed by atoms with van der Waals surface area (Å²) in [7, 11) is 1.43. The Morgan fingerprint density at radius 1 is 1.14 bits per heavy atom. The first kappa shape index (κ1) is 29.9. The van der Waals surface area contributed by atoms with Gasteiger partial charge in [0.2, 0.25) is 5.91 Å². The number of methoxy groups -OCH3 is 1. The highest BCUT2D eigenvalue weighted by atomic mass is 19.4. The molecule has 11 heteroatoms. The second-order valence-corrected chi connectivity index (χ2v) is 11.9. The van der Waals surface area contributed by atoms with Crippen LogP contribution in [0.4, 0.5) is 13.2 Å². The van der Waals surface area contributed by atoms with Gasteiger partial charge in [-0.1, -0.05) is 18.6 Å². The van der Waals surface area contributed by atoms with Gasteiger partial charge in [0.05, 0.1) is 23.7 Å². The quantitative estimate of drug-likeness (QED) is 0.497. The van der Waals surface area contributed by atoms with E-state index in [1.54, 1.807) is 0 Å². The van der Waals surface area contributed by atoms with Crippen molar-refractivity contribution in [2.75, 3.05) is 13.7 Å². The fraction of sp³-hybridized carbons (Fsp3) is 0.516. The maximum Gasteiger partial charge on any atom is 0.416 e. The number of guanidine groups is 1. The molecule has 6 rings (SSSR count). The molecule has 0 radical (unpaired) electrons. The van der Waals surface area contributed by atoms with E-state index < -0.39 is 41.2 Å². The number of fused-ring (bicyclic) bond motifs is 5. The van der Waals surface area contributed by atoms with Crippen LogP contribution < -0.4 is 15.8 Å². The van der Waals surface area contributed by atoms with Gasteiger partial charge in [0, 0.05) is 37.7 Å². The van der Waals surface area contributed by atoms with Crippen LogP contribution in [0.5, 0.6) is 5.75 Å². The van der Waals surface area contributed by atoms with Gasteiger partial charge in [-0.2, -0.15) is 13.2 Å². The average molecular weight is 587 g/mol. The third-order valence-electron chi connectivity index (χ3n) is 8.22. The maximum atomic E-state index is 14.3. The summed E-state index contributed by atoms with van der Waals surface area (Å²) in [6.45, 7) is 3.93. The first-order valence-electron chi connectivity index (χ1n) is 14.3. The van der Waals surface area contributed by atoms with E-state index in [4.69, 9.17) is 15.2 Å². The van der Waals surface area contributed by atoms with E-state index in [9.17, 15) is 22.8 Å². The van der Waals surface area contributed by atoms with Crippen molar-refractivity contribution in [3.8, 4) is 5.75 Å². The highest BCUT2D eigenvalue weighted by Gasteiger charge is 2.41. The number of aliphatic imine (C=N–C) groups is 1. The Balaban J connectivity index is 1.64. The molecule has 0 spiro atoms. The summed E-state index contributed by atoms with van der Waals surface area (Å²) in [5.41, 5.74) is 6.52. The Hall–Kier alpha value is -3.60. The number of nitrogens with zero attached hydrogens (tertiary/aromatic N) is 2. The number of nitrogens with one attached hydrogen (secondary N) is 1. The van der Waals surface area contributed by atoms with Crippen molar-refractivity contribution < 1.29 is 32.2 Å². The number of benzene rings is 2. The smallest absolute Gasteiger partial charge is 0.416 e. The van der Waals surface area contributed by atoms with Gasteiger partial charge in [0.1, 0.15) is 11.4 Å². The lowest BCUT2D eigenvalue weighted by Crippen LogP contribution is -2.49. The van der Waals surface area contributed by atoms with Crippen LogP contribution in [-0.2, 0) is 22.1 Å². The van der Waals surface area contributed by atoms with E-state index in [1.807, 2.05) is 32.0 Å². The Bertz CT molecular complexity index is 1390. The number of amides is 2. The standard InChI is InChI=1S/C31H37F3N4O4/c1-30(2)17-24-22-14-18(8-11-26(22)42-30)6-4-5-7-20-16-27(39)38(29(35)36-20)25(12-13-41-3)21-15-19(28(40)37-24)9-10-23(21)31(32,33)34/h8-11,14-15,20,24-25H,4-7,12-13,16-17H2,1-3H3,(H2,35,36)(H,37,40). The number of alkyl halides is 3. The molecule has 3 unspecified atom stereocenters. The van der Waals surface area contributed by atoms with Crippen LogP contribution >= 0.6 is 0 Å². The molecule has 0 aliphatic carbocycles. The van der Waals surface area contributed by atoms with Crippen LogP contribution in [0.1, 0.15) is 97.1 Å². The third kappa shape index (κ3) is 6.25. The number of ether oxygens (including phenoxy) is 2. The van der Waals surface area contributed by atoms with Gasteiger partial charge in [-0.05, 0) is 74.9 Å². The number of halogens is 3. The SMILES string of the molecule is COCCC1c2cc(ccc2C(F)(F)F)C(=O)NC2CC(C)(C)Oc3ccc(cc32)CCCCC2CC(=O)N1C(N)=N2. The molecule has 2 amide bonds. The van der Waals surface area contributed by atoms with E-state index in [2.05, 4.69) is 10.3 Å². The number of aryl methyl sites for hydroxylation is 1. The monoisotopic (exact) mass is 586 g/mol. The molecule has 3 N–H and O–H groups in total. The fourth-order valence-electron chi connectivity index (χ4n) is 6.25. The number of carbonyl (C=O) groups is 2. The second kappa shape index (κ2) is 11.6. The molecule has 4 aliphatic heterocycles. The van der Waals surface area contributed by atoms with Crippen LogP contribution in [-0.4, -0.2) is 48.0 Å². The zero-order valence-corrected chi connectivity index (χ0v) is 24.1. The Labute approximate surface area is 243 Å². The molecule has 4 aliphatic rings. The lowest BCUT2D eigenvalue weighted by atomic mass is 9.87. The number of hydrogen-bond donors (Lipinski definition) is 2. The number of nitrogens with two attached hydrogens (primary N) is 1. The van der Waals surface area contributed by atoms with Crippen LogP contribution in [0.2, 0.25) is 0 Å². The van der Waals surface area contributed by atoms with E-state index in [-0.39, 0.29) is 42.6 Å². The minimum atomic E-state index is -4.74. The molecule has 0 saturated carbocycles. The molecule has 2 aromatic carbocycles. The van der Waals surface area contributed by atoms with E-state index in [1.165, 1.54) is 19.2 Å². The molecule has 4 heterocycles. The predicted octanol–water partition coefficient (Wildman–Crippen LogP) is 5.46. The van der Waals surface area contributed by atoms with Crippen LogP contribution in [0.25, 0.3) is 0 Å². The first-order chi connectivity index (χ1) is 19.9. The molecule has 0 fully saturated rings. The van der Waals surface area contributed by atoms with Crippen molar-refractivity contribution in [3.63, 3.8) is 0 Å². The van der Waals surface area contributed by atoms with E-state index in [0.717, 1.165) is 41.4 Å². The summed E-state index contributed by atoms with van der Waals surface area (Å²) in [6.07, 6.45) is -1.11. The second-order valence-electron chi connectivity index (χ2n) is 11.9. The zero-order chi connectivity index (χ0) is 30.2. The topological polar surface area (TPSA) is 106 Å². The summed E-state index contributed by atoms with van der Waals surface area (Å²) in [6, 6.07) is 7.36. The van der Waals surface area contributed by atoms with Crippen LogP contribution in [0.15, 0.2) is 41.4 Å². The largest absolute Gasteiger partial charge is 0.487 e. The first-order valence-corrected chi connectivity index (χ1v) is 14.3. The average Bonchev–Trinajstić information content (AvgIpc) is 2.91. The molecular formula is C31H37F3N4O4. The Morgan fingerprint density at radius 3 is 2.64 bits per heavy atom. The molecule has 0 saturated heterocycles. The molecule has 0 aromatic heterocycles. The maximum absolute atomic E-state index is 14.3. The van der Waals surface area contributed by atoms with Crippen molar-refractivity contribution in [1.29, 1.82) is 0 Å². The number of carbonyl (C=O) groups excluding carboxylic acids is 2. The van der Waals surface area contributed by atoms with Gasteiger partial charge in [-0.3, -0.25) is 14.5 Å². The molecule has 8 nitrogen and oxygen atoms in total. The summed E-state index contributed by atoms with van der Waals surface area (Å²) in [5.74, 6) is -0.369. The van der Waals surface area contributed by atoms with Crippen molar-refractivity contribution in [3.05, 3.63) is 64.2 Å². The molecule has 226 valence electrons. The minimum Gasteiger partial charge on any atom is -0.487 e. The van der Waals surface area contributed by atoms with Gasteiger partial charge in [0.25, 0.3) is 5.91 Å². The fourth-order valence-corrected chi connectivity index (χ4v) is 6.25. The van der Waals surface area contributed by atoms with Gasteiger partial charge < -0.3 is 20.5 Å². The number of rotatable bonds is 3. The van der Waals surface area contributed by atoms with Crippen LogP contribution in [0, 0.1) is 0 Å². The summed E-state index contributed by atoms with van der Waals surface area (Å²) in [5, 5.41) is 3.05. The number of hydrogen-bond acceptors (Lipinski definition) is 6. The van der Waals surface area contributed by atoms with Crippen molar-refractivity contribution in [2.45, 2.75) is 88.7 Å². The van der Waals surface area contributed by atoms with Crippen molar-refractivity contribution in [2.24, 2.45) is 10.7 Å². The molecule has 3 atom stereocenters. The summed E-state index contributed by atoms with van der Waals surface area (Å²) < 4.78 is 54.4. The normalized spacial score (nSPS) is 24.3. The molecule has 2 aromatic rings. The van der Waals surface area contributed by atoms with Crippen molar-refractivity contribution in [1.82, 2.24) is 10.2 Å². The Morgan fingerprint density at radius 2 is 1.93 bits per heavy atom. The predicted molar refractivity (Wildman–Crippen MR) is 151 cm³/mol.